The maximum atomic E-state index is 11.9. The van der Waals surface area contributed by atoms with Gasteiger partial charge in [-0.05, 0) is 29.7 Å². The van der Waals surface area contributed by atoms with Crippen LogP contribution in [0.25, 0.3) is 0 Å². The van der Waals surface area contributed by atoms with Gasteiger partial charge in [0.25, 0.3) is 0 Å². The first-order valence-electron chi connectivity index (χ1n) is 8.03. The third-order valence-corrected chi connectivity index (χ3v) is 6.17. The maximum Gasteiger partial charge on any atom is 0.151 e. The Kier molecular flexibility index (Phi) is 4.98. The largest absolute Gasteiger partial charge is 0.291 e. The molecule has 0 amide bonds. The van der Waals surface area contributed by atoms with E-state index in [0.29, 0.717) is 18.5 Å². The molecule has 1 saturated heterocycles. The highest BCUT2D eigenvalue weighted by Gasteiger charge is 2.32. The zero-order chi connectivity index (χ0) is 17.0. The zero-order valence-electron chi connectivity index (χ0n) is 13.4. The maximum absolute atomic E-state index is 11.9. The lowest BCUT2D eigenvalue weighted by atomic mass is 10.1. The van der Waals surface area contributed by atoms with E-state index < -0.39 is 9.84 Å². The molecule has 0 N–H and O–H groups in total. The second-order valence-corrected chi connectivity index (χ2v) is 8.48. The number of hydrogen-bond donors (Lipinski definition) is 0. The van der Waals surface area contributed by atoms with E-state index in [0.717, 1.165) is 12.1 Å². The summed E-state index contributed by atoms with van der Waals surface area (Å²) in [7, 11) is -2.92. The molecular weight excluding hydrogens is 320 g/mol. The fraction of sp³-hybridized carbons (Fsp3) is 0.316. The summed E-state index contributed by atoms with van der Waals surface area (Å²) in [6.07, 6.45) is 0.686. The Morgan fingerprint density at radius 3 is 2.17 bits per heavy atom. The molecule has 1 aliphatic heterocycles. The van der Waals surface area contributed by atoms with Crippen molar-refractivity contribution >= 4 is 9.84 Å². The summed E-state index contributed by atoms with van der Waals surface area (Å²) in [4.78, 5) is 2.24. The van der Waals surface area contributed by atoms with Crippen LogP contribution >= 0.6 is 0 Å². The second-order valence-electron chi connectivity index (χ2n) is 6.26. The standard InChI is InChI=1S/C19H20N2O2S/c20-12-16-6-8-18(9-7-16)14-21(13-17-4-2-1-3-5-17)19-10-11-24(22,23)15-19/h1-9,19H,10-11,13-15H2. The number of nitrogens with zero attached hydrogens (tertiary/aromatic N) is 2. The lowest BCUT2D eigenvalue weighted by Crippen LogP contribution is -2.35. The second kappa shape index (κ2) is 7.16. The number of hydrogen-bond acceptors (Lipinski definition) is 4. The van der Waals surface area contributed by atoms with Crippen LogP contribution in [0.1, 0.15) is 23.1 Å². The fourth-order valence-corrected chi connectivity index (χ4v) is 4.88. The van der Waals surface area contributed by atoms with Gasteiger partial charge in [0.15, 0.2) is 9.84 Å². The molecule has 1 aliphatic rings. The van der Waals surface area contributed by atoms with Crippen molar-refractivity contribution in [3.63, 3.8) is 0 Å². The van der Waals surface area contributed by atoms with E-state index in [1.807, 2.05) is 30.3 Å². The van der Waals surface area contributed by atoms with Crippen molar-refractivity contribution in [3.05, 3.63) is 71.3 Å². The van der Waals surface area contributed by atoms with Crippen molar-refractivity contribution in [2.45, 2.75) is 25.6 Å². The molecule has 0 saturated carbocycles. The number of benzene rings is 2. The zero-order valence-corrected chi connectivity index (χ0v) is 14.2. The average molecular weight is 340 g/mol. The van der Waals surface area contributed by atoms with E-state index in [1.54, 1.807) is 12.1 Å². The van der Waals surface area contributed by atoms with Gasteiger partial charge < -0.3 is 0 Å². The van der Waals surface area contributed by atoms with Crippen LogP contribution in [0.15, 0.2) is 54.6 Å². The smallest absolute Gasteiger partial charge is 0.151 e. The summed E-state index contributed by atoms with van der Waals surface area (Å²) in [5.74, 6) is 0.506. The first-order valence-corrected chi connectivity index (χ1v) is 9.85. The monoisotopic (exact) mass is 340 g/mol. The van der Waals surface area contributed by atoms with Gasteiger partial charge in [-0.2, -0.15) is 5.26 Å². The van der Waals surface area contributed by atoms with Gasteiger partial charge in [0, 0.05) is 19.1 Å². The van der Waals surface area contributed by atoms with Gasteiger partial charge in [0.1, 0.15) is 0 Å². The summed E-state index contributed by atoms with van der Waals surface area (Å²) >= 11 is 0. The van der Waals surface area contributed by atoms with E-state index >= 15 is 0 Å². The van der Waals surface area contributed by atoms with Crippen LogP contribution in [0.3, 0.4) is 0 Å². The van der Waals surface area contributed by atoms with E-state index in [-0.39, 0.29) is 17.5 Å². The highest BCUT2D eigenvalue weighted by molar-refractivity contribution is 7.91. The lowest BCUT2D eigenvalue weighted by molar-refractivity contribution is 0.194. The molecule has 2 aromatic carbocycles. The third kappa shape index (κ3) is 4.22. The Hall–Kier alpha value is -2.16. The minimum Gasteiger partial charge on any atom is -0.291 e. The number of rotatable bonds is 5. The minimum atomic E-state index is -2.92. The van der Waals surface area contributed by atoms with Gasteiger partial charge in [-0.1, -0.05) is 42.5 Å². The topological polar surface area (TPSA) is 61.2 Å². The van der Waals surface area contributed by atoms with Crippen molar-refractivity contribution < 1.29 is 8.42 Å². The molecule has 0 aliphatic carbocycles. The van der Waals surface area contributed by atoms with Crippen molar-refractivity contribution in [2.75, 3.05) is 11.5 Å². The molecule has 0 bridgehead atoms. The molecule has 5 heteroatoms. The SMILES string of the molecule is N#Cc1ccc(CN(Cc2ccccc2)C2CCS(=O)(=O)C2)cc1. The predicted octanol–water partition coefficient (Wildman–Crippen LogP) is 2.75. The quantitative estimate of drug-likeness (QED) is 0.840. The van der Waals surface area contributed by atoms with E-state index in [4.69, 9.17) is 5.26 Å². The summed E-state index contributed by atoms with van der Waals surface area (Å²) in [6, 6.07) is 19.8. The molecule has 1 fully saturated rings. The fourth-order valence-electron chi connectivity index (χ4n) is 3.11. The van der Waals surface area contributed by atoms with Gasteiger partial charge >= 0.3 is 0 Å². The molecule has 0 radical (unpaired) electrons. The van der Waals surface area contributed by atoms with Crippen LogP contribution in [0.4, 0.5) is 0 Å². The van der Waals surface area contributed by atoms with Gasteiger partial charge in [0.05, 0.1) is 23.1 Å². The molecule has 2 aromatic rings. The third-order valence-electron chi connectivity index (χ3n) is 4.42. The normalized spacial score (nSPS) is 19.2. The summed E-state index contributed by atoms with van der Waals surface area (Å²) in [5, 5.41) is 8.91. The molecule has 1 atom stereocenters. The van der Waals surface area contributed by atoms with E-state index in [2.05, 4.69) is 23.1 Å². The van der Waals surface area contributed by atoms with Crippen molar-refractivity contribution in [3.8, 4) is 6.07 Å². The van der Waals surface area contributed by atoms with Crippen LogP contribution in [0.5, 0.6) is 0 Å². The Morgan fingerprint density at radius 2 is 1.62 bits per heavy atom. The number of sulfone groups is 1. The molecule has 4 nitrogen and oxygen atoms in total. The first kappa shape index (κ1) is 16.7. The summed E-state index contributed by atoms with van der Waals surface area (Å²) < 4.78 is 23.7. The molecule has 1 unspecified atom stereocenters. The predicted molar refractivity (Wildman–Crippen MR) is 93.9 cm³/mol. The van der Waals surface area contributed by atoms with Crippen molar-refractivity contribution in [2.24, 2.45) is 0 Å². The van der Waals surface area contributed by atoms with Crippen LogP contribution in [0, 0.1) is 11.3 Å². The molecule has 0 spiro atoms. The van der Waals surface area contributed by atoms with Gasteiger partial charge in [-0.3, -0.25) is 4.90 Å². The first-order chi connectivity index (χ1) is 11.6. The van der Waals surface area contributed by atoms with Crippen molar-refractivity contribution in [1.29, 1.82) is 5.26 Å². The van der Waals surface area contributed by atoms with E-state index in [9.17, 15) is 8.42 Å². The molecule has 24 heavy (non-hydrogen) atoms. The molecule has 3 rings (SSSR count). The molecule has 1 heterocycles. The van der Waals surface area contributed by atoms with Crippen molar-refractivity contribution in [1.82, 2.24) is 4.90 Å². The Morgan fingerprint density at radius 1 is 1.00 bits per heavy atom. The summed E-state index contributed by atoms with van der Waals surface area (Å²) in [6.45, 7) is 1.40. The van der Waals surface area contributed by atoms with Gasteiger partial charge in [-0.25, -0.2) is 8.42 Å². The molecule has 0 aromatic heterocycles. The van der Waals surface area contributed by atoms with Gasteiger partial charge in [0.2, 0.25) is 0 Å². The lowest BCUT2D eigenvalue weighted by Gasteiger charge is -2.28. The highest BCUT2D eigenvalue weighted by atomic mass is 32.2. The Bertz CT molecular complexity index is 824. The average Bonchev–Trinajstić information content (AvgIpc) is 2.96. The molecule has 124 valence electrons. The highest BCUT2D eigenvalue weighted by Crippen LogP contribution is 2.22. The Labute approximate surface area is 143 Å². The van der Waals surface area contributed by atoms with E-state index in [1.165, 1.54) is 5.56 Å². The molecular formula is C19H20N2O2S. The van der Waals surface area contributed by atoms with Crippen LogP contribution in [-0.2, 0) is 22.9 Å². The van der Waals surface area contributed by atoms with Gasteiger partial charge in [-0.15, -0.1) is 0 Å². The van der Waals surface area contributed by atoms with Crippen LogP contribution in [0.2, 0.25) is 0 Å². The van der Waals surface area contributed by atoms with Crippen LogP contribution < -0.4 is 0 Å². The minimum absolute atomic E-state index is 0.0471. The Balaban J connectivity index is 1.79. The van der Waals surface area contributed by atoms with Crippen LogP contribution in [-0.4, -0.2) is 30.9 Å². The number of nitriles is 1. The summed E-state index contributed by atoms with van der Waals surface area (Å²) in [5.41, 5.74) is 2.90.